The minimum absolute atomic E-state index is 0.291. The average molecular weight is 275 g/mol. The molecule has 1 atom stereocenters. The van der Waals surface area contributed by atoms with Gasteiger partial charge in [-0.05, 0) is 30.0 Å². The van der Waals surface area contributed by atoms with Crippen molar-refractivity contribution in [2.75, 3.05) is 5.32 Å². The van der Waals surface area contributed by atoms with Crippen LogP contribution in [0.2, 0.25) is 5.15 Å². The zero-order valence-corrected chi connectivity index (χ0v) is 12.1. The third-order valence-corrected chi connectivity index (χ3v) is 3.18. The minimum Gasteiger partial charge on any atom is -0.378 e. The van der Waals surface area contributed by atoms with Crippen molar-refractivity contribution in [1.29, 1.82) is 0 Å². The summed E-state index contributed by atoms with van der Waals surface area (Å²) in [6.45, 7) is 4.47. The summed E-state index contributed by atoms with van der Waals surface area (Å²) in [5, 5.41) is 4.06. The number of hydrogen-bond acceptors (Lipinski definition) is 2. The van der Waals surface area contributed by atoms with Crippen molar-refractivity contribution >= 4 is 17.3 Å². The third-order valence-electron chi connectivity index (χ3n) is 2.98. The van der Waals surface area contributed by atoms with E-state index in [1.165, 1.54) is 5.56 Å². The lowest BCUT2D eigenvalue weighted by molar-refractivity contribution is 0.531. The van der Waals surface area contributed by atoms with E-state index < -0.39 is 0 Å². The van der Waals surface area contributed by atoms with E-state index in [2.05, 4.69) is 48.4 Å². The predicted octanol–water partition coefficient (Wildman–Crippen LogP) is 4.93. The molecule has 1 aromatic heterocycles. The molecule has 1 N–H and O–H groups in total. The van der Waals surface area contributed by atoms with Crippen LogP contribution in [0.3, 0.4) is 0 Å². The van der Waals surface area contributed by atoms with Gasteiger partial charge in [0.05, 0.1) is 6.04 Å². The first-order chi connectivity index (χ1) is 9.15. The Balaban J connectivity index is 2.19. The SMILES string of the molecule is CC(C)CC(Nc1ccnc(Cl)c1)c1ccccc1. The number of benzene rings is 1. The molecule has 0 saturated carbocycles. The van der Waals surface area contributed by atoms with Crippen molar-refractivity contribution in [3.8, 4) is 0 Å². The molecule has 1 unspecified atom stereocenters. The van der Waals surface area contributed by atoms with Gasteiger partial charge in [0, 0.05) is 11.9 Å². The molecule has 0 fully saturated rings. The average Bonchev–Trinajstić information content (AvgIpc) is 2.38. The summed E-state index contributed by atoms with van der Waals surface area (Å²) in [6.07, 6.45) is 2.80. The van der Waals surface area contributed by atoms with Crippen molar-refractivity contribution in [3.05, 3.63) is 59.4 Å². The molecule has 0 aliphatic carbocycles. The number of nitrogens with one attached hydrogen (secondary N) is 1. The number of nitrogens with zero attached hydrogens (tertiary/aromatic N) is 1. The molecule has 0 radical (unpaired) electrons. The molecule has 1 aromatic carbocycles. The molecular formula is C16H19ClN2. The van der Waals surface area contributed by atoms with Crippen LogP contribution in [-0.4, -0.2) is 4.98 Å². The summed E-state index contributed by atoms with van der Waals surface area (Å²) in [5.41, 5.74) is 2.30. The first-order valence-electron chi connectivity index (χ1n) is 6.58. The fourth-order valence-electron chi connectivity index (χ4n) is 2.13. The maximum atomic E-state index is 5.93. The van der Waals surface area contributed by atoms with Gasteiger partial charge in [-0.1, -0.05) is 55.8 Å². The molecular weight excluding hydrogens is 256 g/mol. The molecule has 19 heavy (non-hydrogen) atoms. The van der Waals surface area contributed by atoms with Crippen LogP contribution in [-0.2, 0) is 0 Å². The fourth-order valence-corrected chi connectivity index (χ4v) is 2.30. The zero-order valence-electron chi connectivity index (χ0n) is 11.3. The fraction of sp³-hybridized carbons (Fsp3) is 0.312. The molecule has 0 aliphatic heterocycles. The topological polar surface area (TPSA) is 24.9 Å². The largest absolute Gasteiger partial charge is 0.378 e. The van der Waals surface area contributed by atoms with Gasteiger partial charge in [0.15, 0.2) is 0 Å². The van der Waals surface area contributed by atoms with E-state index in [1.807, 2.05) is 18.2 Å². The molecule has 0 spiro atoms. The second-order valence-corrected chi connectivity index (χ2v) is 5.49. The van der Waals surface area contributed by atoms with Crippen molar-refractivity contribution in [2.45, 2.75) is 26.3 Å². The monoisotopic (exact) mass is 274 g/mol. The van der Waals surface area contributed by atoms with Gasteiger partial charge in [-0.15, -0.1) is 0 Å². The molecule has 2 nitrogen and oxygen atoms in total. The van der Waals surface area contributed by atoms with E-state index >= 15 is 0 Å². The number of pyridine rings is 1. The number of aromatic nitrogens is 1. The first kappa shape index (κ1) is 13.9. The molecule has 2 aromatic rings. The van der Waals surface area contributed by atoms with Crippen LogP contribution in [0.15, 0.2) is 48.7 Å². The maximum absolute atomic E-state index is 5.93. The summed E-state index contributed by atoms with van der Waals surface area (Å²) in [5.74, 6) is 0.620. The number of hydrogen-bond donors (Lipinski definition) is 1. The van der Waals surface area contributed by atoms with E-state index in [1.54, 1.807) is 6.20 Å². The normalized spacial score (nSPS) is 12.4. The van der Waals surface area contributed by atoms with Crippen LogP contribution in [0.1, 0.15) is 31.9 Å². The molecule has 3 heteroatoms. The summed E-state index contributed by atoms with van der Waals surface area (Å²) in [6, 6.07) is 14.6. The summed E-state index contributed by atoms with van der Waals surface area (Å²) in [7, 11) is 0. The van der Waals surface area contributed by atoms with Gasteiger partial charge in [-0.3, -0.25) is 0 Å². The molecule has 0 amide bonds. The highest BCUT2D eigenvalue weighted by Crippen LogP contribution is 2.26. The van der Waals surface area contributed by atoms with E-state index in [0.717, 1.165) is 12.1 Å². The lowest BCUT2D eigenvalue weighted by Gasteiger charge is -2.22. The van der Waals surface area contributed by atoms with Crippen LogP contribution >= 0.6 is 11.6 Å². The lowest BCUT2D eigenvalue weighted by Crippen LogP contribution is -2.13. The van der Waals surface area contributed by atoms with Gasteiger partial charge in [0.2, 0.25) is 0 Å². The van der Waals surface area contributed by atoms with Crippen LogP contribution in [0.5, 0.6) is 0 Å². The van der Waals surface area contributed by atoms with Gasteiger partial charge >= 0.3 is 0 Å². The van der Waals surface area contributed by atoms with Gasteiger partial charge in [-0.2, -0.15) is 0 Å². The van der Waals surface area contributed by atoms with Gasteiger partial charge < -0.3 is 5.32 Å². The van der Waals surface area contributed by atoms with E-state index in [4.69, 9.17) is 11.6 Å². The Morgan fingerprint density at radius 2 is 1.89 bits per heavy atom. The second kappa shape index (κ2) is 6.58. The molecule has 2 rings (SSSR count). The standard InChI is InChI=1S/C16H19ClN2/c1-12(2)10-15(13-6-4-3-5-7-13)19-14-8-9-18-16(17)11-14/h3-9,11-12,15H,10H2,1-2H3,(H,18,19). The molecule has 100 valence electrons. The van der Waals surface area contributed by atoms with Crippen LogP contribution in [0.4, 0.5) is 5.69 Å². The minimum atomic E-state index is 0.291. The maximum Gasteiger partial charge on any atom is 0.131 e. The van der Waals surface area contributed by atoms with Crippen molar-refractivity contribution < 1.29 is 0 Å². The zero-order chi connectivity index (χ0) is 13.7. The highest BCUT2D eigenvalue weighted by atomic mass is 35.5. The highest BCUT2D eigenvalue weighted by Gasteiger charge is 2.13. The highest BCUT2D eigenvalue weighted by molar-refractivity contribution is 6.29. The smallest absolute Gasteiger partial charge is 0.131 e. The van der Waals surface area contributed by atoms with Gasteiger partial charge in [0.25, 0.3) is 0 Å². The Bertz CT molecular complexity index is 511. The van der Waals surface area contributed by atoms with Crippen molar-refractivity contribution in [3.63, 3.8) is 0 Å². The molecule has 1 heterocycles. The van der Waals surface area contributed by atoms with Crippen molar-refractivity contribution in [2.24, 2.45) is 5.92 Å². The Hall–Kier alpha value is -1.54. The van der Waals surface area contributed by atoms with Gasteiger partial charge in [-0.25, -0.2) is 4.98 Å². The number of halogens is 1. The second-order valence-electron chi connectivity index (χ2n) is 5.10. The lowest BCUT2D eigenvalue weighted by atomic mass is 9.97. The summed E-state index contributed by atoms with van der Waals surface area (Å²) in [4.78, 5) is 4.01. The van der Waals surface area contributed by atoms with E-state index in [-0.39, 0.29) is 0 Å². The Labute approximate surface area is 119 Å². The molecule has 0 bridgehead atoms. The number of anilines is 1. The quantitative estimate of drug-likeness (QED) is 0.782. The van der Waals surface area contributed by atoms with Gasteiger partial charge in [0.1, 0.15) is 5.15 Å². The van der Waals surface area contributed by atoms with Crippen LogP contribution in [0.25, 0.3) is 0 Å². The predicted molar refractivity (Wildman–Crippen MR) is 81.5 cm³/mol. The molecule has 0 saturated heterocycles. The summed E-state index contributed by atoms with van der Waals surface area (Å²) >= 11 is 5.93. The Kier molecular flexibility index (Phi) is 4.80. The Morgan fingerprint density at radius 1 is 1.16 bits per heavy atom. The van der Waals surface area contributed by atoms with Crippen LogP contribution < -0.4 is 5.32 Å². The van der Waals surface area contributed by atoms with E-state index in [9.17, 15) is 0 Å². The third kappa shape index (κ3) is 4.25. The first-order valence-corrected chi connectivity index (χ1v) is 6.96. The number of rotatable bonds is 5. The van der Waals surface area contributed by atoms with Crippen LogP contribution in [0, 0.1) is 5.92 Å². The molecule has 0 aliphatic rings. The summed E-state index contributed by atoms with van der Waals surface area (Å²) < 4.78 is 0. The van der Waals surface area contributed by atoms with Crippen molar-refractivity contribution in [1.82, 2.24) is 4.98 Å². The Morgan fingerprint density at radius 3 is 2.53 bits per heavy atom. The van der Waals surface area contributed by atoms with E-state index in [0.29, 0.717) is 17.1 Å².